The van der Waals surface area contributed by atoms with Crippen molar-refractivity contribution in [2.24, 2.45) is 0 Å². The highest BCUT2D eigenvalue weighted by Gasteiger charge is 2.27. The lowest BCUT2D eigenvalue weighted by molar-refractivity contribution is -0.143. The normalized spacial score (nSPS) is 15.5. The van der Waals surface area contributed by atoms with E-state index in [1.54, 1.807) is 0 Å². The molecule has 0 aliphatic carbocycles. The summed E-state index contributed by atoms with van der Waals surface area (Å²) in [6, 6.07) is 11.5. The minimum atomic E-state index is -0.188. The summed E-state index contributed by atoms with van der Waals surface area (Å²) < 4.78 is 17.2. The van der Waals surface area contributed by atoms with Gasteiger partial charge in [0, 0.05) is 17.5 Å². The maximum Gasteiger partial charge on any atom is 0.306 e. The largest absolute Gasteiger partial charge is 0.493 e. The van der Waals surface area contributed by atoms with E-state index in [2.05, 4.69) is 20.9 Å². The standard InChI is InChI=1S/C18H18BrNO4/c1-2-22-18(21)9-13-11-23-15-8-12(6-7-14(13)15)10-24-17-5-3-4-16(19)20-17/h3-8,13H,2,9-11H2,1H3. The molecule has 2 heterocycles. The summed E-state index contributed by atoms with van der Waals surface area (Å²) in [5, 5.41) is 0. The van der Waals surface area contributed by atoms with Crippen LogP contribution in [0.2, 0.25) is 0 Å². The predicted octanol–water partition coefficient (Wildman–Crippen LogP) is 3.85. The van der Waals surface area contributed by atoms with Crippen molar-refractivity contribution >= 4 is 21.9 Å². The van der Waals surface area contributed by atoms with Crippen molar-refractivity contribution in [2.45, 2.75) is 25.9 Å². The topological polar surface area (TPSA) is 57.7 Å². The zero-order chi connectivity index (χ0) is 16.9. The summed E-state index contributed by atoms with van der Waals surface area (Å²) in [6.07, 6.45) is 0.346. The summed E-state index contributed by atoms with van der Waals surface area (Å²) in [7, 11) is 0. The quantitative estimate of drug-likeness (QED) is 0.552. The third kappa shape index (κ3) is 4.06. The van der Waals surface area contributed by atoms with Crippen LogP contribution in [-0.2, 0) is 16.1 Å². The molecule has 0 saturated carbocycles. The van der Waals surface area contributed by atoms with Gasteiger partial charge in [0.05, 0.1) is 19.6 Å². The third-order valence-corrected chi connectivity index (χ3v) is 4.19. The van der Waals surface area contributed by atoms with Gasteiger partial charge in [-0.1, -0.05) is 18.2 Å². The molecule has 1 atom stereocenters. The molecular weight excluding hydrogens is 374 g/mol. The monoisotopic (exact) mass is 391 g/mol. The summed E-state index contributed by atoms with van der Waals surface area (Å²) in [5.41, 5.74) is 2.04. The van der Waals surface area contributed by atoms with Crippen LogP contribution in [0.5, 0.6) is 11.6 Å². The fourth-order valence-corrected chi connectivity index (χ4v) is 2.96. The number of nitrogens with zero attached hydrogens (tertiary/aromatic N) is 1. The molecule has 0 spiro atoms. The number of aromatic nitrogens is 1. The van der Waals surface area contributed by atoms with Crippen LogP contribution in [0.4, 0.5) is 0 Å². The first-order valence-electron chi connectivity index (χ1n) is 7.82. The van der Waals surface area contributed by atoms with Gasteiger partial charge in [-0.05, 0) is 40.5 Å². The number of pyridine rings is 1. The first-order valence-corrected chi connectivity index (χ1v) is 8.61. The van der Waals surface area contributed by atoms with Crippen molar-refractivity contribution in [1.82, 2.24) is 4.98 Å². The second kappa shape index (κ2) is 7.66. The molecule has 2 aromatic rings. The molecule has 0 fully saturated rings. The maximum atomic E-state index is 11.7. The van der Waals surface area contributed by atoms with Gasteiger partial charge >= 0.3 is 5.97 Å². The molecule has 1 aromatic heterocycles. The Labute approximate surface area is 149 Å². The number of benzene rings is 1. The predicted molar refractivity (Wildman–Crippen MR) is 92.2 cm³/mol. The van der Waals surface area contributed by atoms with Crippen molar-refractivity contribution < 1.29 is 19.0 Å². The van der Waals surface area contributed by atoms with E-state index >= 15 is 0 Å². The Hall–Kier alpha value is -2.08. The van der Waals surface area contributed by atoms with Crippen LogP contribution in [-0.4, -0.2) is 24.2 Å². The number of esters is 1. The lowest BCUT2D eigenvalue weighted by atomic mass is 9.97. The Bertz CT molecular complexity index is 735. The van der Waals surface area contributed by atoms with Gasteiger partial charge in [-0.3, -0.25) is 4.79 Å². The summed E-state index contributed by atoms with van der Waals surface area (Å²) in [6.45, 7) is 3.12. The van der Waals surface area contributed by atoms with Gasteiger partial charge in [-0.2, -0.15) is 0 Å². The lowest BCUT2D eigenvalue weighted by Crippen LogP contribution is -2.11. The molecule has 1 aromatic carbocycles. The molecular formula is C18H18BrNO4. The summed E-state index contributed by atoms with van der Waals surface area (Å²) in [5.74, 6) is 1.24. The molecule has 6 heteroatoms. The Morgan fingerprint density at radius 1 is 1.38 bits per heavy atom. The molecule has 5 nitrogen and oxygen atoms in total. The molecule has 1 aliphatic rings. The number of halogens is 1. The Balaban J connectivity index is 1.63. The molecule has 3 rings (SSSR count). The highest BCUT2D eigenvalue weighted by atomic mass is 79.9. The molecule has 1 aliphatic heterocycles. The number of carbonyl (C=O) groups excluding carboxylic acids is 1. The van der Waals surface area contributed by atoms with Crippen LogP contribution in [0.3, 0.4) is 0 Å². The number of fused-ring (bicyclic) bond motifs is 1. The average molecular weight is 392 g/mol. The van der Waals surface area contributed by atoms with Crippen LogP contribution in [0.15, 0.2) is 41.0 Å². The Kier molecular flexibility index (Phi) is 5.35. The molecule has 0 amide bonds. The second-order valence-corrected chi connectivity index (χ2v) is 6.29. The van der Waals surface area contributed by atoms with Crippen molar-refractivity contribution in [2.75, 3.05) is 13.2 Å². The fraction of sp³-hybridized carbons (Fsp3) is 0.333. The van der Waals surface area contributed by atoms with E-state index in [1.165, 1.54) is 0 Å². The van der Waals surface area contributed by atoms with Gasteiger partial charge in [-0.25, -0.2) is 4.98 Å². The van der Waals surface area contributed by atoms with E-state index < -0.39 is 0 Å². The van der Waals surface area contributed by atoms with Crippen LogP contribution >= 0.6 is 15.9 Å². The second-order valence-electron chi connectivity index (χ2n) is 5.48. The van der Waals surface area contributed by atoms with Gasteiger partial charge in [0.2, 0.25) is 5.88 Å². The number of rotatable bonds is 6. The number of hydrogen-bond acceptors (Lipinski definition) is 5. The molecule has 0 N–H and O–H groups in total. The third-order valence-electron chi connectivity index (χ3n) is 3.75. The van der Waals surface area contributed by atoms with Crippen LogP contribution in [0, 0.1) is 0 Å². The SMILES string of the molecule is CCOC(=O)CC1COc2cc(COc3cccc(Br)n3)ccc21. The fourth-order valence-electron chi connectivity index (χ4n) is 2.63. The van der Waals surface area contributed by atoms with E-state index in [0.29, 0.717) is 32.1 Å². The van der Waals surface area contributed by atoms with Gasteiger partial charge in [0.25, 0.3) is 0 Å². The zero-order valence-corrected chi connectivity index (χ0v) is 14.9. The number of ether oxygens (including phenoxy) is 3. The minimum Gasteiger partial charge on any atom is -0.493 e. The zero-order valence-electron chi connectivity index (χ0n) is 13.3. The van der Waals surface area contributed by atoms with Gasteiger partial charge in [0.1, 0.15) is 17.0 Å². The maximum absolute atomic E-state index is 11.7. The van der Waals surface area contributed by atoms with Crippen molar-refractivity contribution in [1.29, 1.82) is 0 Å². The number of hydrogen-bond donors (Lipinski definition) is 0. The first-order chi connectivity index (χ1) is 11.7. The van der Waals surface area contributed by atoms with Crippen molar-refractivity contribution in [3.05, 3.63) is 52.1 Å². The lowest BCUT2D eigenvalue weighted by Gasteiger charge is -2.09. The molecule has 126 valence electrons. The Morgan fingerprint density at radius 3 is 3.04 bits per heavy atom. The van der Waals surface area contributed by atoms with Gasteiger partial charge in [0.15, 0.2) is 0 Å². The average Bonchev–Trinajstić information content (AvgIpc) is 2.95. The van der Waals surface area contributed by atoms with E-state index in [4.69, 9.17) is 14.2 Å². The molecule has 0 radical (unpaired) electrons. The van der Waals surface area contributed by atoms with Crippen molar-refractivity contribution in [3.63, 3.8) is 0 Å². The van der Waals surface area contributed by atoms with Crippen LogP contribution in [0.1, 0.15) is 30.4 Å². The minimum absolute atomic E-state index is 0.0563. The van der Waals surface area contributed by atoms with Crippen LogP contribution < -0.4 is 9.47 Å². The molecule has 1 unspecified atom stereocenters. The first kappa shape index (κ1) is 16.8. The van der Waals surface area contributed by atoms with E-state index in [0.717, 1.165) is 21.5 Å². The van der Waals surface area contributed by atoms with Gasteiger partial charge < -0.3 is 14.2 Å². The number of carbonyl (C=O) groups is 1. The van der Waals surface area contributed by atoms with E-state index in [-0.39, 0.29) is 11.9 Å². The van der Waals surface area contributed by atoms with E-state index in [1.807, 2.05) is 43.3 Å². The summed E-state index contributed by atoms with van der Waals surface area (Å²) >= 11 is 3.32. The summed E-state index contributed by atoms with van der Waals surface area (Å²) in [4.78, 5) is 15.9. The molecule has 0 saturated heterocycles. The van der Waals surface area contributed by atoms with Gasteiger partial charge in [-0.15, -0.1) is 0 Å². The smallest absolute Gasteiger partial charge is 0.306 e. The Morgan fingerprint density at radius 2 is 2.25 bits per heavy atom. The van der Waals surface area contributed by atoms with Crippen LogP contribution in [0.25, 0.3) is 0 Å². The highest BCUT2D eigenvalue weighted by Crippen LogP contribution is 2.36. The highest BCUT2D eigenvalue weighted by molar-refractivity contribution is 9.10. The van der Waals surface area contributed by atoms with Crippen molar-refractivity contribution in [3.8, 4) is 11.6 Å². The molecule has 0 bridgehead atoms. The van der Waals surface area contributed by atoms with E-state index in [9.17, 15) is 4.79 Å². The molecule has 24 heavy (non-hydrogen) atoms.